The number of ether oxygens (including phenoxy) is 4. The van der Waals surface area contributed by atoms with Crippen LogP contribution in [-0.4, -0.2) is 26.9 Å². The largest absolute Gasteiger partial charge is 0.497 e. The van der Waals surface area contributed by atoms with Crippen LogP contribution in [0.2, 0.25) is 0 Å². The molecule has 1 aliphatic heterocycles. The summed E-state index contributed by atoms with van der Waals surface area (Å²) in [6.45, 7) is 4.18. The maximum Gasteiger partial charge on any atom is 0.131 e. The summed E-state index contributed by atoms with van der Waals surface area (Å²) in [6.07, 6.45) is 2.97. The van der Waals surface area contributed by atoms with Crippen molar-refractivity contribution >= 4 is 11.6 Å². The Morgan fingerprint density at radius 2 is 1.60 bits per heavy atom. The predicted molar refractivity (Wildman–Crippen MR) is 99.7 cm³/mol. The predicted octanol–water partition coefficient (Wildman–Crippen LogP) is 4.81. The molecule has 0 aliphatic carbocycles. The molecule has 25 heavy (non-hydrogen) atoms. The van der Waals surface area contributed by atoms with E-state index in [-0.39, 0.29) is 5.60 Å². The summed E-state index contributed by atoms with van der Waals surface area (Å²) < 4.78 is 22.3. The molecule has 0 fully saturated rings. The molecule has 1 heterocycles. The third-order valence-corrected chi connectivity index (χ3v) is 4.31. The Hall–Kier alpha value is -2.62. The lowest BCUT2D eigenvalue weighted by atomic mass is 9.88. The molecule has 0 aromatic heterocycles. The van der Waals surface area contributed by atoms with Gasteiger partial charge in [-0.2, -0.15) is 0 Å². The van der Waals surface area contributed by atoms with E-state index in [1.54, 1.807) is 21.3 Å². The second-order valence-electron chi connectivity index (χ2n) is 6.68. The number of rotatable bonds is 4. The van der Waals surface area contributed by atoms with Crippen molar-refractivity contribution in [1.29, 1.82) is 0 Å². The normalized spacial score (nSPS) is 16.8. The van der Waals surface area contributed by atoms with Gasteiger partial charge in [0.05, 0.1) is 21.3 Å². The summed E-state index contributed by atoms with van der Waals surface area (Å²) in [5.41, 5.74) is 3.01. The first-order valence-electron chi connectivity index (χ1n) is 8.26. The second kappa shape index (κ2) is 6.71. The minimum absolute atomic E-state index is 0.287. The molecule has 2 aromatic rings. The highest BCUT2D eigenvalue weighted by atomic mass is 16.5. The molecular formula is C21H24O4. The smallest absolute Gasteiger partial charge is 0.131 e. The van der Waals surface area contributed by atoms with Gasteiger partial charge in [0.1, 0.15) is 28.6 Å². The van der Waals surface area contributed by atoms with Gasteiger partial charge < -0.3 is 18.9 Å². The van der Waals surface area contributed by atoms with Crippen LogP contribution < -0.4 is 18.9 Å². The molecule has 0 unspecified atom stereocenters. The number of hydrogen-bond acceptors (Lipinski definition) is 4. The molecule has 2 aromatic carbocycles. The highest BCUT2D eigenvalue weighted by Crippen LogP contribution is 2.43. The summed E-state index contributed by atoms with van der Waals surface area (Å²) in [4.78, 5) is 0. The Morgan fingerprint density at radius 3 is 2.28 bits per heavy atom. The van der Waals surface area contributed by atoms with Gasteiger partial charge in [-0.15, -0.1) is 0 Å². The Kier molecular flexibility index (Phi) is 4.62. The lowest BCUT2D eigenvalue weighted by Gasteiger charge is -2.34. The van der Waals surface area contributed by atoms with E-state index in [2.05, 4.69) is 19.9 Å². The van der Waals surface area contributed by atoms with Crippen molar-refractivity contribution in [2.45, 2.75) is 25.9 Å². The van der Waals surface area contributed by atoms with Gasteiger partial charge in [0, 0.05) is 29.7 Å². The molecule has 132 valence electrons. The molecule has 0 N–H and O–H groups in total. The molecule has 0 bridgehead atoms. The van der Waals surface area contributed by atoms with Crippen molar-refractivity contribution in [1.82, 2.24) is 0 Å². The topological polar surface area (TPSA) is 36.9 Å². The molecule has 0 spiro atoms. The fraction of sp³-hybridized carbons (Fsp3) is 0.333. The monoisotopic (exact) mass is 340 g/mol. The number of hydrogen-bond donors (Lipinski definition) is 0. The van der Waals surface area contributed by atoms with E-state index in [0.29, 0.717) is 0 Å². The van der Waals surface area contributed by atoms with Gasteiger partial charge in [0.2, 0.25) is 0 Å². The molecule has 0 atom stereocenters. The van der Waals surface area contributed by atoms with Crippen LogP contribution in [0.5, 0.6) is 23.0 Å². The van der Waals surface area contributed by atoms with Gasteiger partial charge in [-0.25, -0.2) is 0 Å². The van der Waals surface area contributed by atoms with Crippen molar-refractivity contribution in [3.8, 4) is 23.0 Å². The van der Waals surface area contributed by atoms with Crippen LogP contribution in [0, 0.1) is 0 Å². The number of fused-ring (bicyclic) bond motifs is 1. The zero-order valence-electron chi connectivity index (χ0n) is 15.4. The maximum absolute atomic E-state index is 6.15. The first-order valence-corrected chi connectivity index (χ1v) is 8.26. The molecule has 1 aliphatic rings. The van der Waals surface area contributed by atoms with Crippen LogP contribution in [0.25, 0.3) is 11.6 Å². The van der Waals surface area contributed by atoms with E-state index < -0.39 is 0 Å². The molecule has 3 rings (SSSR count). The molecule has 0 amide bonds. The van der Waals surface area contributed by atoms with Crippen molar-refractivity contribution in [2.75, 3.05) is 21.3 Å². The lowest BCUT2D eigenvalue weighted by Crippen LogP contribution is -2.32. The van der Waals surface area contributed by atoms with Crippen LogP contribution in [0.3, 0.4) is 0 Å². The van der Waals surface area contributed by atoms with Crippen molar-refractivity contribution in [3.05, 3.63) is 47.5 Å². The zero-order chi connectivity index (χ0) is 18.0. The average molecular weight is 340 g/mol. The summed E-state index contributed by atoms with van der Waals surface area (Å²) in [5.74, 6) is 3.19. The van der Waals surface area contributed by atoms with Gasteiger partial charge >= 0.3 is 0 Å². The Morgan fingerprint density at radius 1 is 0.920 bits per heavy atom. The number of methoxy groups -OCH3 is 3. The minimum Gasteiger partial charge on any atom is -0.497 e. The molecular weight excluding hydrogens is 316 g/mol. The van der Waals surface area contributed by atoms with Gasteiger partial charge in [-0.05, 0) is 49.8 Å². The Balaban J connectivity index is 2.09. The maximum atomic E-state index is 6.15. The van der Waals surface area contributed by atoms with Crippen LogP contribution >= 0.6 is 0 Å². The summed E-state index contributed by atoms with van der Waals surface area (Å²) in [5, 5.41) is 0. The van der Waals surface area contributed by atoms with E-state index in [1.807, 2.05) is 36.4 Å². The van der Waals surface area contributed by atoms with Crippen LogP contribution in [0.1, 0.15) is 31.4 Å². The van der Waals surface area contributed by atoms with Gasteiger partial charge in [-0.3, -0.25) is 0 Å². The van der Waals surface area contributed by atoms with E-state index in [9.17, 15) is 0 Å². The van der Waals surface area contributed by atoms with Gasteiger partial charge in [0.25, 0.3) is 0 Å². The highest BCUT2D eigenvalue weighted by Gasteiger charge is 2.30. The van der Waals surface area contributed by atoms with Gasteiger partial charge in [0.15, 0.2) is 0 Å². The standard InChI is InChI=1S/C21H24O4/c1-21(2)13-15(18-9-8-17(23-4)12-20(18)25-21)10-14-6-7-16(22-3)11-19(14)24-5/h6-12H,13H2,1-5H3/b15-10-. The van der Waals surface area contributed by atoms with E-state index >= 15 is 0 Å². The summed E-state index contributed by atoms with van der Waals surface area (Å²) in [6, 6.07) is 11.8. The molecule has 0 saturated carbocycles. The quantitative estimate of drug-likeness (QED) is 0.800. The van der Waals surface area contributed by atoms with E-state index in [4.69, 9.17) is 18.9 Å². The molecule has 0 saturated heterocycles. The van der Waals surface area contributed by atoms with Crippen molar-refractivity contribution in [2.24, 2.45) is 0 Å². The Labute approximate surface area is 149 Å². The first kappa shape index (κ1) is 17.2. The van der Waals surface area contributed by atoms with Crippen LogP contribution in [0.4, 0.5) is 0 Å². The Bertz CT molecular complexity index is 806. The third kappa shape index (κ3) is 3.58. The third-order valence-electron chi connectivity index (χ3n) is 4.31. The van der Waals surface area contributed by atoms with Crippen molar-refractivity contribution in [3.63, 3.8) is 0 Å². The van der Waals surface area contributed by atoms with Crippen molar-refractivity contribution < 1.29 is 18.9 Å². The van der Waals surface area contributed by atoms with Gasteiger partial charge in [-0.1, -0.05) is 0 Å². The van der Waals surface area contributed by atoms with E-state index in [1.165, 1.54) is 5.57 Å². The summed E-state index contributed by atoms with van der Waals surface area (Å²) in [7, 11) is 4.98. The molecule has 0 radical (unpaired) electrons. The van der Waals surface area contributed by atoms with Crippen LogP contribution in [-0.2, 0) is 0 Å². The fourth-order valence-electron chi connectivity index (χ4n) is 3.12. The first-order chi connectivity index (χ1) is 12.0. The second-order valence-corrected chi connectivity index (χ2v) is 6.68. The highest BCUT2D eigenvalue weighted by molar-refractivity contribution is 5.87. The van der Waals surface area contributed by atoms with E-state index in [0.717, 1.165) is 40.5 Å². The SMILES string of the molecule is COc1ccc(/C=C2/CC(C)(C)Oc3cc(OC)ccc32)c(OC)c1. The van der Waals surface area contributed by atoms with Crippen LogP contribution in [0.15, 0.2) is 36.4 Å². The summed E-state index contributed by atoms with van der Waals surface area (Å²) >= 11 is 0. The minimum atomic E-state index is -0.287. The lowest BCUT2D eigenvalue weighted by molar-refractivity contribution is 0.107. The zero-order valence-corrected chi connectivity index (χ0v) is 15.4. The fourth-order valence-corrected chi connectivity index (χ4v) is 3.12. The number of benzene rings is 2. The average Bonchev–Trinajstić information content (AvgIpc) is 2.60. The molecule has 4 heteroatoms. The molecule has 4 nitrogen and oxygen atoms in total.